The van der Waals surface area contributed by atoms with Gasteiger partial charge in [-0.25, -0.2) is 15.0 Å². The second-order valence-electron chi connectivity index (χ2n) is 17.9. The standard InChI is InChI=1S/C65H40N4S/c1-3-15-41(16-4-1)42-29-31-43(32-30-42)46-22-13-23-49(37-46)64-66-63(45-18-5-2-6-19-45)67-65(68-64)54-35-34-50(69-57-27-12-11-25-52(57)56-38-47-20-7-8-21-48(47)39-58(56)69)40-55(54)53-26-14-28-59-62(53)61-51-24-10-9-17-44(51)33-36-60(61)70-59/h1-40H. The largest absolute Gasteiger partial charge is 0.309 e. The van der Waals surface area contributed by atoms with Crippen molar-refractivity contribution in [3.8, 4) is 73.2 Å². The summed E-state index contributed by atoms with van der Waals surface area (Å²) in [6, 6.07) is 87.1. The number of aromatic nitrogens is 4. The molecular weight excluding hydrogens is 869 g/mol. The van der Waals surface area contributed by atoms with Gasteiger partial charge in [-0.2, -0.15) is 0 Å². The van der Waals surface area contributed by atoms with Gasteiger partial charge >= 0.3 is 0 Å². The number of thiophene rings is 1. The van der Waals surface area contributed by atoms with Gasteiger partial charge in [0.05, 0.1) is 11.0 Å². The van der Waals surface area contributed by atoms with Crippen LogP contribution in [-0.2, 0) is 0 Å². The number of benzene rings is 11. The van der Waals surface area contributed by atoms with Gasteiger partial charge in [0.15, 0.2) is 17.5 Å². The molecule has 70 heavy (non-hydrogen) atoms. The highest BCUT2D eigenvalue weighted by Crippen LogP contribution is 2.46. The van der Waals surface area contributed by atoms with Gasteiger partial charge in [-0.05, 0) is 110 Å². The van der Waals surface area contributed by atoms with E-state index < -0.39 is 0 Å². The Bertz CT molecular complexity index is 4340. The number of rotatable bonds is 7. The first kappa shape index (κ1) is 40.1. The van der Waals surface area contributed by atoms with E-state index in [0.29, 0.717) is 17.5 Å². The molecular formula is C65H40N4S. The van der Waals surface area contributed by atoms with Crippen LogP contribution in [-0.4, -0.2) is 19.5 Å². The van der Waals surface area contributed by atoms with Crippen molar-refractivity contribution in [2.75, 3.05) is 0 Å². The van der Waals surface area contributed by atoms with Crippen molar-refractivity contribution in [2.45, 2.75) is 0 Å². The first-order valence-electron chi connectivity index (χ1n) is 23.7. The molecule has 11 aromatic carbocycles. The summed E-state index contributed by atoms with van der Waals surface area (Å²) in [5.74, 6) is 1.84. The van der Waals surface area contributed by atoms with Crippen LogP contribution in [0.1, 0.15) is 0 Å². The Morgan fingerprint density at radius 3 is 1.67 bits per heavy atom. The molecule has 3 heterocycles. The fraction of sp³-hybridized carbons (Fsp3) is 0. The summed E-state index contributed by atoms with van der Waals surface area (Å²) in [7, 11) is 0. The van der Waals surface area contributed by atoms with E-state index in [1.807, 2.05) is 29.5 Å². The quantitative estimate of drug-likeness (QED) is 0.160. The topological polar surface area (TPSA) is 43.6 Å². The van der Waals surface area contributed by atoms with Gasteiger partial charge < -0.3 is 4.57 Å². The van der Waals surface area contributed by atoms with E-state index in [0.717, 1.165) is 55.7 Å². The summed E-state index contributed by atoms with van der Waals surface area (Å²) in [6.45, 7) is 0. The third kappa shape index (κ3) is 6.70. The lowest BCUT2D eigenvalue weighted by molar-refractivity contribution is 1.07. The van der Waals surface area contributed by atoms with E-state index in [9.17, 15) is 0 Å². The maximum atomic E-state index is 5.45. The molecule has 14 rings (SSSR count). The van der Waals surface area contributed by atoms with E-state index in [1.165, 1.54) is 63.6 Å². The zero-order chi connectivity index (χ0) is 46.1. The van der Waals surface area contributed by atoms with Gasteiger partial charge in [0, 0.05) is 53.3 Å². The number of hydrogen-bond acceptors (Lipinski definition) is 4. The molecule has 0 aliphatic rings. The van der Waals surface area contributed by atoms with E-state index in [2.05, 4.69) is 229 Å². The highest BCUT2D eigenvalue weighted by Gasteiger charge is 2.22. The van der Waals surface area contributed by atoms with Crippen molar-refractivity contribution < 1.29 is 0 Å². The van der Waals surface area contributed by atoms with Crippen molar-refractivity contribution in [1.29, 1.82) is 0 Å². The molecule has 0 saturated carbocycles. The fourth-order valence-electron chi connectivity index (χ4n) is 10.5. The average Bonchev–Trinajstić information content (AvgIpc) is 3.99. The summed E-state index contributed by atoms with van der Waals surface area (Å²) in [5.41, 5.74) is 12.9. The Morgan fingerprint density at radius 2 is 0.871 bits per heavy atom. The lowest BCUT2D eigenvalue weighted by Gasteiger charge is -2.17. The van der Waals surface area contributed by atoms with Crippen molar-refractivity contribution in [1.82, 2.24) is 19.5 Å². The van der Waals surface area contributed by atoms with Crippen molar-refractivity contribution in [3.63, 3.8) is 0 Å². The van der Waals surface area contributed by atoms with Crippen LogP contribution in [0, 0.1) is 0 Å². The summed E-state index contributed by atoms with van der Waals surface area (Å²) >= 11 is 1.85. The van der Waals surface area contributed by atoms with E-state index >= 15 is 0 Å². The van der Waals surface area contributed by atoms with Crippen molar-refractivity contribution in [2.24, 2.45) is 0 Å². The Balaban J connectivity index is 1.02. The third-order valence-corrected chi connectivity index (χ3v) is 15.0. The molecule has 0 radical (unpaired) electrons. The van der Waals surface area contributed by atoms with Crippen LogP contribution in [0.2, 0.25) is 0 Å². The van der Waals surface area contributed by atoms with E-state index in [-0.39, 0.29) is 0 Å². The number of nitrogens with zero attached hydrogens (tertiary/aromatic N) is 4. The molecule has 0 saturated heterocycles. The first-order valence-corrected chi connectivity index (χ1v) is 24.5. The molecule has 0 unspecified atom stereocenters. The second-order valence-corrected chi connectivity index (χ2v) is 19.0. The SMILES string of the molecule is c1ccc(-c2ccc(-c3cccc(-c4nc(-c5ccccc5)nc(-c5ccc(-n6c7ccccc7c7cc8ccccc8cc76)cc5-c5cccc6sc7ccc8ccccc8c7c56)n4)c3)cc2)cc1. The minimum atomic E-state index is 0.609. The zero-order valence-electron chi connectivity index (χ0n) is 37.8. The summed E-state index contributed by atoms with van der Waals surface area (Å²) in [6.07, 6.45) is 0. The van der Waals surface area contributed by atoms with Crippen LogP contribution in [0.15, 0.2) is 243 Å². The smallest absolute Gasteiger partial charge is 0.164 e. The van der Waals surface area contributed by atoms with Crippen LogP contribution in [0.4, 0.5) is 0 Å². The maximum Gasteiger partial charge on any atom is 0.164 e. The Labute approximate surface area is 408 Å². The molecule has 5 heteroatoms. The highest BCUT2D eigenvalue weighted by atomic mass is 32.1. The molecule has 0 spiro atoms. The predicted molar refractivity (Wildman–Crippen MR) is 295 cm³/mol. The second kappa shape index (κ2) is 16.3. The van der Waals surface area contributed by atoms with Crippen LogP contribution in [0.5, 0.6) is 0 Å². The minimum absolute atomic E-state index is 0.609. The van der Waals surface area contributed by atoms with Crippen LogP contribution >= 0.6 is 11.3 Å². The van der Waals surface area contributed by atoms with Gasteiger partial charge in [0.2, 0.25) is 0 Å². The van der Waals surface area contributed by atoms with Gasteiger partial charge in [0.25, 0.3) is 0 Å². The average molecular weight is 909 g/mol. The van der Waals surface area contributed by atoms with Gasteiger partial charge in [-0.15, -0.1) is 11.3 Å². The fourth-order valence-corrected chi connectivity index (χ4v) is 11.6. The van der Waals surface area contributed by atoms with E-state index in [1.54, 1.807) is 0 Å². The van der Waals surface area contributed by atoms with Crippen LogP contribution in [0.25, 0.3) is 137 Å². The van der Waals surface area contributed by atoms with Gasteiger partial charge in [-0.3, -0.25) is 0 Å². The molecule has 0 aliphatic carbocycles. The lowest BCUT2D eigenvalue weighted by atomic mass is 9.93. The Kier molecular flexibility index (Phi) is 9.36. The molecule has 4 nitrogen and oxygen atoms in total. The number of hydrogen-bond donors (Lipinski definition) is 0. The molecule has 0 atom stereocenters. The van der Waals surface area contributed by atoms with E-state index in [4.69, 9.17) is 15.0 Å². The van der Waals surface area contributed by atoms with Crippen LogP contribution in [0.3, 0.4) is 0 Å². The van der Waals surface area contributed by atoms with Gasteiger partial charge in [0.1, 0.15) is 0 Å². The molecule has 0 fully saturated rings. The van der Waals surface area contributed by atoms with Crippen LogP contribution < -0.4 is 0 Å². The lowest BCUT2D eigenvalue weighted by Crippen LogP contribution is -2.02. The first-order chi connectivity index (χ1) is 34.7. The molecule has 0 N–H and O–H groups in total. The molecule has 0 bridgehead atoms. The normalized spacial score (nSPS) is 11.7. The Morgan fingerprint density at radius 1 is 0.286 bits per heavy atom. The molecule has 0 amide bonds. The molecule has 326 valence electrons. The van der Waals surface area contributed by atoms with Crippen molar-refractivity contribution >= 4 is 74.9 Å². The highest BCUT2D eigenvalue weighted by molar-refractivity contribution is 7.26. The summed E-state index contributed by atoms with van der Waals surface area (Å²) in [4.78, 5) is 16.1. The number of para-hydroxylation sites is 1. The maximum absolute atomic E-state index is 5.45. The van der Waals surface area contributed by atoms with Gasteiger partial charge in [-0.1, -0.05) is 188 Å². The molecule has 14 aromatic rings. The third-order valence-electron chi connectivity index (χ3n) is 13.8. The zero-order valence-corrected chi connectivity index (χ0v) is 38.6. The molecule has 0 aliphatic heterocycles. The monoisotopic (exact) mass is 908 g/mol. The van der Waals surface area contributed by atoms with Crippen molar-refractivity contribution in [3.05, 3.63) is 243 Å². The Hall–Kier alpha value is -9.03. The predicted octanol–water partition coefficient (Wildman–Crippen LogP) is 17.6. The minimum Gasteiger partial charge on any atom is -0.309 e. The number of fused-ring (bicyclic) bond motifs is 9. The summed E-state index contributed by atoms with van der Waals surface area (Å²) < 4.78 is 4.92. The summed E-state index contributed by atoms with van der Waals surface area (Å²) in [5, 5.41) is 9.84. The molecule has 3 aromatic heterocycles.